The van der Waals surface area contributed by atoms with Gasteiger partial charge in [0.1, 0.15) is 4.83 Å². The lowest BCUT2D eigenvalue weighted by molar-refractivity contribution is 0.509. The van der Waals surface area contributed by atoms with E-state index in [9.17, 15) is 4.79 Å². The molecule has 0 amide bonds. The van der Waals surface area contributed by atoms with Crippen LogP contribution in [0.4, 0.5) is 0 Å². The first-order valence-corrected chi connectivity index (χ1v) is 9.54. The Hall–Kier alpha value is -1.36. The lowest BCUT2D eigenvalue weighted by Crippen LogP contribution is -2.22. The van der Waals surface area contributed by atoms with Gasteiger partial charge in [0.15, 0.2) is 0 Å². The Morgan fingerprint density at radius 3 is 2.96 bits per heavy atom. The third-order valence-corrected chi connectivity index (χ3v) is 6.52. The van der Waals surface area contributed by atoms with Gasteiger partial charge in [0.2, 0.25) is 0 Å². The predicted molar refractivity (Wildman–Crippen MR) is 101 cm³/mol. The van der Waals surface area contributed by atoms with Crippen LogP contribution >= 0.6 is 34.5 Å². The van der Waals surface area contributed by atoms with Crippen LogP contribution in [0, 0.1) is 5.92 Å². The smallest absolute Gasteiger partial charge is 0.262 e. The molecular formula is C18H16Cl2N2OS. The van der Waals surface area contributed by atoms with Gasteiger partial charge in [0.05, 0.1) is 28.3 Å². The number of benzene rings is 1. The summed E-state index contributed by atoms with van der Waals surface area (Å²) in [4.78, 5) is 19.7. The van der Waals surface area contributed by atoms with Gasteiger partial charge < -0.3 is 0 Å². The monoisotopic (exact) mass is 378 g/mol. The van der Waals surface area contributed by atoms with Gasteiger partial charge in [0.25, 0.3) is 5.56 Å². The first kappa shape index (κ1) is 16.1. The Kier molecular flexibility index (Phi) is 4.15. The van der Waals surface area contributed by atoms with E-state index >= 15 is 0 Å². The van der Waals surface area contributed by atoms with Crippen LogP contribution in [-0.2, 0) is 19.4 Å². The Morgan fingerprint density at radius 2 is 2.17 bits per heavy atom. The van der Waals surface area contributed by atoms with E-state index in [0.717, 1.165) is 35.0 Å². The minimum absolute atomic E-state index is 0.0399. The highest BCUT2D eigenvalue weighted by atomic mass is 35.5. The van der Waals surface area contributed by atoms with Crippen molar-refractivity contribution in [3.05, 3.63) is 60.9 Å². The fourth-order valence-electron chi connectivity index (χ4n) is 3.31. The third-order valence-electron chi connectivity index (χ3n) is 4.62. The second-order valence-electron chi connectivity index (χ2n) is 6.46. The van der Waals surface area contributed by atoms with E-state index in [-0.39, 0.29) is 5.56 Å². The predicted octanol–water partition coefficient (Wildman–Crippen LogP) is 4.94. The number of aromatic nitrogens is 2. The van der Waals surface area contributed by atoms with Crippen molar-refractivity contribution in [2.24, 2.45) is 5.92 Å². The Labute approximate surface area is 153 Å². The summed E-state index contributed by atoms with van der Waals surface area (Å²) in [5.74, 6) is 0.684. The molecule has 0 fully saturated rings. The summed E-state index contributed by atoms with van der Waals surface area (Å²) in [6.07, 6.45) is 4.81. The molecule has 1 unspecified atom stereocenters. The van der Waals surface area contributed by atoms with E-state index in [1.807, 2.05) is 6.07 Å². The summed E-state index contributed by atoms with van der Waals surface area (Å²) in [6.45, 7) is 2.71. The van der Waals surface area contributed by atoms with Crippen molar-refractivity contribution >= 4 is 44.8 Å². The van der Waals surface area contributed by atoms with Crippen LogP contribution in [0.2, 0.25) is 10.0 Å². The minimum atomic E-state index is 0.0399. The summed E-state index contributed by atoms with van der Waals surface area (Å²) in [7, 11) is 0. The van der Waals surface area contributed by atoms with Gasteiger partial charge in [-0.05, 0) is 48.4 Å². The highest BCUT2D eigenvalue weighted by molar-refractivity contribution is 7.18. The number of fused-ring (bicyclic) bond motifs is 3. The van der Waals surface area contributed by atoms with Crippen molar-refractivity contribution in [3.63, 3.8) is 0 Å². The molecule has 1 aliphatic rings. The van der Waals surface area contributed by atoms with Crippen molar-refractivity contribution in [2.75, 3.05) is 0 Å². The zero-order valence-corrected chi connectivity index (χ0v) is 15.5. The van der Waals surface area contributed by atoms with Crippen LogP contribution < -0.4 is 5.56 Å². The number of hydrogen-bond donors (Lipinski definition) is 0. The van der Waals surface area contributed by atoms with E-state index in [4.69, 9.17) is 23.2 Å². The molecule has 3 aromatic rings. The minimum Gasteiger partial charge on any atom is -0.294 e. The molecule has 0 bridgehead atoms. The molecular weight excluding hydrogens is 363 g/mol. The second-order valence-corrected chi connectivity index (χ2v) is 8.36. The molecule has 4 rings (SSSR count). The number of thiophene rings is 1. The van der Waals surface area contributed by atoms with E-state index in [1.165, 1.54) is 10.4 Å². The van der Waals surface area contributed by atoms with E-state index in [1.54, 1.807) is 34.4 Å². The largest absolute Gasteiger partial charge is 0.294 e. The zero-order chi connectivity index (χ0) is 16.8. The summed E-state index contributed by atoms with van der Waals surface area (Å²) in [6, 6.07) is 5.44. The molecule has 0 saturated carbocycles. The molecule has 24 heavy (non-hydrogen) atoms. The van der Waals surface area contributed by atoms with E-state index < -0.39 is 0 Å². The van der Waals surface area contributed by atoms with Gasteiger partial charge in [-0.25, -0.2) is 4.98 Å². The summed E-state index contributed by atoms with van der Waals surface area (Å²) in [5.41, 5.74) is 2.19. The van der Waals surface area contributed by atoms with Gasteiger partial charge >= 0.3 is 0 Å². The normalized spacial score (nSPS) is 17.2. The van der Waals surface area contributed by atoms with Crippen molar-refractivity contribution in [1.29, 1.82) is 0 Å². The van der Waals surface area contributed by atoms with Crippen LogP contribution in [0.15, 0.2) is 29.3 Å². The molecule has 0 spiro atoms. The molecule has 2 heterocycles. The molecule has 1 atom stereocenters. The van der Waals surface area contributed by atoms with Gasteiger partial charge in [-0.2, -0.15) is 0 Å². The van der Waals surface area contributed by atoms with Crippen LogP contribution in [-0.4, -0.2) is 9.55 Å². The lowest BCUT2D eigenvalue weighted by atomic mass is 9.89. The molecule has 2 aromatic heterocycles. The fraction of sp³-hybridized carbons (Fsp3) is 0.333. The molecule has 0 aliphatic heterocycles. The average molecular weight is 379 g/mol. The maximum Gasteiger partial charge on any atom is 0.262 e. The lowest BCUT2D eigenvalue weighted by Gasteiger charge is -2.17. The average Bonchev–Trinajstić information content (AvgIpc) is 2.91. The van der Waals surface area contributed by atoms with E-state index in [0.29, 0.717) is 22.5 Å². The number of halogens is 2. The maximum atomic E-state index is 13.0. The quantitative estimate of drug-likeness (QED) is 0.632. The number of rotatable bonds is 2. The van der Waals surface area contributed by atoms with Crippen molar-refractivity contribution < 1.29 is 0 Å². The molecule has 0 radical (unpaired) electrons. The molecule has 124 valence electrons. The first-order valence-electron chi connectivity index (χ1n) is 7.96. The standard InChI is InChI=1S/C18H16Cl2N2OS/c1-10-2-4-12-15(6-10)24-17-16(12)18(23)22(9-21-17)8-11-3-5-13(19)14(20)7-11/h3,5,7,9-10H,2,4,6,8H2,1H3. The molecule has 1 aromatic carbocycles. The van der Waals surface area contributed by atoms with Gasteiger partial charge in [-0.3, -0.25) is 9.36 Å². The van der Waals surface area contributed by atoms with Crippen LogP contribution in [0.5, 0.6) is 0 Å². The number of nitrogens with zero attached hydrogens (tertiary/aromatic N) is 2. The van der Waals surface area contributed by atoms with Crippen LogP contribution in [0.3, 0.4) is 0 Å². The molecule has 0 saturated heterocycles. The molecule has 6 heteroatoms. The van der Waals surface area contributed by atoms with Crippen LogP contribution in [0.1, 0.15) is 29.3 Å². The highest BCUT2D eigenvalue weighted by Gasteiger charge is 2.23. The maximum absolute atomic E-state index is 13.0. The Bertz CT molecular complexity index is 993. The second kappa shape index (κ2) is 6.17. The Morgan fingerprint density at radius 1 is 1.33 bits per heavy atom. The third kappa shape index (κ3) is 2.77. The highest BCUT2D eigenvalue weighted by Crippen LogP contribution is 2.35. The van der Waals surface area contributed by atoms with Crippen molar-refractivity contribution in [2.45, 2.75) is 32.7 Å². The number of hydrogen-bond acceptors (Lipinski definition) is 3. The topological polar surface area (TPSA) is 34.9 Å². The van der Waals surface area contributed by atoms with E-state index in [2.05, 4.69) is 11.9 Å². The Balaban J connectivity index is 1.78. The summed E-state index contributed by atoms with van der Waals surface area (Å²) >= 11 is 13.7. The molecule has 1 aliphatic carbocycles. The van der Waals surface area contributed by atoms with Crippen LogP contribution in [0.25, 0.3) is 10.2 Å². The number of aryl methyl sites for hydroxylation is 1. The van der Waals surface area contributed by atoms with Gasteiger partial charge in [0, 0.05) is 4.88 Å². The summed E-state index contributed by atoms with van der Waals surface area (Å²) in [5, 5.41) is 1.82. The van der Waals surface area contributed by atoms with Crippen molar-refractivity contribution in [1.82, 2.24) is 9.55 Å². The van der Waals surface area contributed by atoms with Crippen molar-refractivity contribution in [3.8, 4) is 0 Å². The first-order chi connectivity index (χ1) is 11.5. The fourth-order valence-corrected chi connectivity index (χ4v) is 4.98. The zero-order valence-electron chi connectivity index (χ0n) is 13.2. The van der Waals surface area contributed by atoms with Gasteiger partial charge in [-0.1, -0.05) is 36.2 Å². The molecule has 3 nitrogen and oxygen atoms in total. The summed E-state index contributed by atoms with van der Waals surface area (Å²) < 4.78 is 1.66. The van der Waals surface area contributed by atoms with Gasteiger partial charge in [-0.15, -0.1) is 11.3 Å². The SMILES string of the molecule is CC1CCc2c(sc3ncn(Cc4ccc(Cl)c(Cl)c4)c(=O)c23)C1. The molecule has 0 N–H and O–H groups in total.